The highest BCUT2D eigenvalue weighted by atomic mass is 19.4. The number of hydrogen-bond acceptors (Lipinski definition) is 5. The zero-order chi connectivity index (χ0) is 52.6. The summed E-state index contributed by atoms with van der Waals surface area (Å²) in [6.45, 7) is 3.09. The highest BCUT2D eigenvalue weighted by Crippen LogP contribution is 2.44. The quantitative estimate of drug-likeness (QED) is 0.0614. The molecule has 8 aromatic rings. The van der Waals surface area contributed by atoms with Crippen molar-refractivity contribution >= 4 is 45.6 Å². The number of hydrogen-bond donors (Lipinski definition) is 0. The van der Waals surface area contributed by atoms with Crippen molar-refractivity contribution in [1.29, 1.82) is 0 Å². The van der Waals surface area contributed by atoms with E-state index in [0.29, 0.717) is 32.1 Å². The third kappa shape index (κ3) is 10.3. The highest BCUT2D eigenvalue weighted by Gasteiger charge is 2.44. The van der Waals surface area contributed by atoms with Gasteiger partial charge in [0.25, 0.3) is 0 Å². The maximum atomic E-state index is 15.1. The van der Waals surface area contributed by atoms with Crippen molar-refractivity contribution < 1.29 is 45.9 Å². The van der Waals surface area contributed by atoms with Crippen LogP contribution in [0.2, 0.25) is 0 Å². The van der Waals surface area contributed by atoms with Gasteiger partial charge in [0.2, 0.25) is 11.8 Å². The smallest absolute Gasteiger partial charge is 0.390 e. The number of ether oxygens (including phenoxy) is 1. The first-order chi connectivity index (χ1) is 36.0. The number of alkyl halides is 3. The SMILES string of the molecule is CC1(C(=O)N(Cc2ccccc2)Cc2cc(F)ccc2F)CCc2c(c3ccccc3n2CC(=O)OC(=O)Cn2c3c(c4ccccc42)CC(C)(C(=O)N(Cc2ccccc2)Cc2ccccc2C(F)(F)F)CC3)C1. The average molecular weight is 1020 g/mol. The highest BCUT2D eigenvalue weighted by molar-refractivity contribution is 5.93. The number of amides is 2. The molecule has 0 radical (unpaired) electrons. The molecule has 0 saturated heterocycles. The Balaban J connectivity index is 0.869. The number of aromatic nitrogens is 2. The predicted octanol–water partition coefficient (Wildman–Crippen LogP) is 12.1. The Morgan fingerprint density at radius 3 is 1.48 bits per heavy atom. The number of carbonyl (C=O) groups is 4. The molecule has 2 heterocycles. The summed E-state index contributed by atoms with van der Waals surface area (Å²) in [5.41, 5.74) is 3.79. The molecule has 10 rings (SSSR count). The third-order valence-corrected chi connectivity index (χ3v) is 15.2. The van der Waals surface area contributed by atoms with Crippen molar-refractivity contribution in [2.45, 2.75) is 97.8 Å². The Labute approximate surface area is 431 Å². The van der Waals surface area contributed by atoms with Crippen molar-refractivity contribution in [2.24, 2.45) is 10.8 Å². The molecule has 0 N–H and O–H groups in total. The molecule has 14 heteroatoms. The number of fused-ring (bicyclic) bond motifs is 6. The molecular weight excluding hydrogens is 964 g/mol. The van der Waals surface area contributed by atoms with Gasteiger partial charge < -0.3 is 23.7 Å². The lowest BCUT2D eigenvalue weighted by atomic mass is 9.73. The lowest BCUT2D eigenvalue weighted by Crippen LogP contribution is -2.45. The van der Waals surface area contributed by atoms with Crippen molar-refractivity contribution in [3.63, 3.8) is 0 Å². The fourth-order valence-electron chi connectivity index (χ4n) is 11.5. The monoisotopic (exact) mass is 1020 g/mol. The topological polar surface area (TPSA) is 93.9 Å². The molecule has 0 saturated carbocycles. The molecule has 2 aromatic heterocycles. The molecule has 2 amide bonds. The molecule has 6 aromatic carbocycles. The number of benzene rings is 6. The van der Waals surface area contributed by atoms with Crippen LogP contribution in [0.25, 0.3) is 21.8 Å². The molecule has 384 valence electrons. The fourth-order valence-corrected chi connectivity index (χ4v) is 11.5. The van der Waals surface area contributed by atoms with E-state index in [4.69, 9.17) is 4.74 Å². The van der Waals surface area contributed by atoms with Gasteiger partial charge in [-0.1, -0.05) is 129 Å². The van der Waals surface area contributed by atoms with Crippen LogP contribution < -0.4 is 0 Å². The summed E-state index contributed by atoms with van der Waals surface area (Å²) in [6.07, 6.45) is -2.50. The Kier molecular flexibility index (Phi) is 13.8. The lowest BCUT2D eigenvalue weighted by Gasteiger charge is -2.38. The summed E-state index contributed by atoms with van der Waals surface area (Å²) in [5.74, 6) is -3.25. The minimum atomic E-state index is -4.61. The summed E-state index contributed by atoms with van der Waals surface area (Å²) in [5, 5.41) is 1.67. The molecule has 0 aliphatic heterocycles. The number of nitrogens with zero attached hydrogens (tertiary/aromatic N) is 4. The second kappa shape index (κ2) is 20.4. The molecule has 2 aliphatic carbocycles. The zero-order valence-electron chi connectivity index (χ0n) is 41.6. The van der Waals surface area contributed by atoms with E-state index in [1.165, 1.54) is 17.0 Å². The summed E-state index contributed by atoms with van der Waals surface area (Å²) in [7, 11) is 0. The van der Waals surface area contributed by atoms with Crippen molar-refractivity contribution in [3.05, 3.63) is 214 Å². The predicted molar refractivity (Wildman–Crippen MR) is 274 cm³/mol. The van der Waals surface area contributed by atoms with E-state index in [2.05, 4.69) is 0 Å². The lowest BCUT2D eigenvalue weighted by molar-refractivity contribution is -0.160. The third-order valence-electron chi connectivity index (χ3n) is 15.2. The number of para-hydroxylation sites is 2. The standard InChI is InChI=1S/C61H55F5N4O5/c1-59(57(73)67(34-40-15-5-3-6-16-40)36-42-19-9-12-22-49(42)61(64,65)66)29-27-53-47(32-59)45-20-10-13-23-51(45)69(53)38-55(71)75-56(72)39-70-52-24-14-11-21-46(52)48-33-60(2,30-28-54(48)70)58(74)68(35-41-17-7-4-8-18-41)37-43-31-44(62)25-26-50(43)63/h3-26,31H,27-30,32-39H2,1-2H3. The molecule has 2 unspecified atom stereocenters. The minimum absolute atomic E-state index is 0.000118. The maximum absolute atomic E-state index is 15.1. The van der Waals surface area contributed by atoms with Crippen LogP contribution in [0.5, 0.6) is 0 Å². The van der Waals surface area contributed by atoms with E-state index in [9.17, 15) is 36.7 Å². The van der Waals surface area contributed by atoms with Gasteiger partial charge in [-0.05, 0) is 103 Å². The van der Waals surface area contributed by atoms with E-state index < -0.39 is 46.1 Å². The first-order valence-electron chi connectivity index (χ1n) is 25.1. The van der Waals surface area contributed by atoms with Crippen LogP contribution in [0, 0.1) is 22.5 Å². The molecular formula is C61H55F5N4O5. The fraction of sp³-hybridized carbons (Fsp3) is 0.279. The molecule has 0 fully saturated rings. The van der Waals surface area contributed by atoms with Crippen LogP contribution >= 0.6 is 0 Å². The molecule has 9 nitrogen and oxygen atoms in total. The number of rotatable bonds is 14. The van der Waals surface area contributed by atoms with Crippen LogP contribution in [0.15, 0.2) is 152 Å². The Hall–Kier alpha value is -7.87. The van der Waals surface area contributed by atoms with Crippen LogP contribution in [-0.4, -0.2) is 42.7 Å². The van der Waals surface area contributed by atoms with Gasteiger partial charge in [-0.25, -0.2) is 18.4 Å². The Morgan fingerprint density at radius 2 is 0.987 bits per heavy atom. The van der Waals surface area contributed by atoms with Crippen molar-refractivity contribution in [2.75, 3.05) is 0 Å². The molecule has 75 heavy (non-hydrogen) atoms. The van der Waals surface area contributed by atoms with E-state index in [1.54, 1.807) is 11.0 Å². The maximum Gasteiger partial charge on any atom is 0.416 e. The summed E-state index contributed by atoms with van der Waals surface area (Å²) in [6, 6.07) is 42.1. The van der Waals surface area contributed by atoms with Gasteiger partial charge in [-0.3, -0.25) is 9.59 Å². The van der Waals surface area contributed by atoms with E-state index in [1.807, 2.05) is 132 Å². The average Bonchev–Trinajstić information content (AvgIpc) is 3.86. The summed E-state index contributed by atoms with van der Waals surface area (Å²) >= 11 is 0. The van der Waals surface area contributed by atoms with E-state index >= 15 is 4.39 Å². The molecule has 0 bridgehead atoms. The van der Waals surface area contributed by atoms with Crippen LogP contribution in [-0.2, 0) is 95.0 Å². The number of carbonyl (C=O) groups excluding carboxylic acids is 4. The first-order valence-corrected chi connectivity index (χ1v) is 25.1. The Bertz CT molecular complexity index is 3480. The van der Waals surface area contributed by atoms with Gasteiger partial charge in [0.15, 0.2) is 0 Å². The zero-order valence-corrected chi connectivity index (χ0v) is 41.6. The summed E-state index contributed by atoms with van der Waals surface area (Å²) in [4.78, 5) is 60.6. The first kappa shape index (κ1) is 50.7. The van der Waals surface area contributed by atoms with Crippen molar-refractivity contribution in [3.8, 4) is 0 Å². The van der Waals surface area contributed by atoms with Crippen LogP contribution in [0.3, 0.4) is 0 Å². The van der Waals surface area contributed by atoms with Gasteiger partial charge in [0.05, 0.1) is 16.4 Å². The second-order valence-corrected chi connectivity index (χ2v) is 20.6. The van der Waals surface area contributed by atoms with Crippen LogP contribution in [0.1, 0.15) is 77.0 Å². The largest absolute Gasteiger partial charge is 0.416 e. The number of halogens is 5. The van der Waals surface area contributed by atoms with Crippen LogP contribution in [0.4, 0.5) is 22.0 Å². The van der Waals surface area contributed by atoms with Crippen molar-refractivity contribution in [1.82, 2.24) is 18.9 Å². The molecule has 2 aliphatic rings. The summed E-state index contributed by atoms with van der Waals surface area (Å²) < 4.78 is 81.4. The molecule has 0 spiro atoms. The van der Waals surface area contributed by atoms with Gasteiger partial charge in [0.1, 0.15) is 24.7 Å². The van der Waals surface area contributed by atoms with E-state index in [0.717, 1.165) is 79.7 Å². The normalized spacial score (nSPS) is 17.3. The second-order valence-electron chi connectivity index (χ2n) is 20.6. The van der Waals surface area contributed by atoms with Gasteiger partial charge in [-0.15, -0.1) is 0 Å². The number of esters is 2. The van der Waals surface area contributed by atoms with Gasteiger partial charge in [0, 0.05) is 64.9 Å². The minimum Gasteiger partial charge on any atom is -0.390 e. The Morgan fingerprint density at radius 1 is 0.547 bits per heavy atom. The van der Waals surface area contributed by atoms with Gasteiger partial charge in [-0.2, -0.15) is 13.2 Å². The molecule has 2 atom stereocenters. The van der Waals surface area contributed by atoms with E-state index in [-0.39, 0.29) is 68.6 Å². The van der Waals surface area contributed by atoms with Gasteiger partial charge >= 0.3 is 18.1 Å².